The van der Waals surface area contributed by atoms with Crippen LogP contribution in [0.5, 0.6) is 0 Å². The average molecular weight is 323 g/mol. The number of para-hydroxylation sites is 1. The summed E-state index contributed by atoms with van der Waals surface area (Å²) in [6, 6.07) is 14.6. The Morgan fingerprint density at radius 3 is 2.62 bits per heavy atom. The maximum Gasteiger partial charge on any atom is 0.341 e. The van der Waals surface area contributed by atoms with Crippen molar-refractivity contribution in [1.29, 1.82) is 0 Å². The highest BCUT2D eigenvalue weighted by molar-refractivity contribution is 5.95. The largest absolute Gasteiger partial charge is 0.449 e. The molecule has 3 aromatic rings. The smallest absolute Gasteiger partial charge is 0.341 e. The molecule has 0 spiro atoms. The Balaban J connectivity index is 1.76. The van der Waals surface area contributed by atoms with Gasteiger partial charge in [0.05, 0.1) is 5.56 Å². The van der Waals surface area contributed by atoms with Crippen LogP contribution in [0.2, 0.25) is 0 Å². The van der Waals surface area contributed by atoms with E-state index in [1.807, 2.05) is 43.3 Å². The molecule has 0 saturated heterocycles. The van der Waals surface area contributed by atoms with Gasteiger partial charge in [-0.05, 0) is 37.6 Å². The Bertz CT molecular complexity index is 859. The van der Waals surface area contributed by atoms with E-state index in [9.17, 15) is 4.79 Å². The molecular weight excluding hydrogens is 306 g/mol. The molecule has 6 heteroatoms. The van der Waals surface area contributed by atoms with Crippen LogP contribution in [-0.2, 0) is 4.74 Å². The summed E-state index contributed by atoms with van der Waals surface area (Å²) >= 11 is 0. The van der Waals surface area contributed by atoms with Gasteiger partial charge in [-0.1, -0.05) is 30.3 Å². The second-order valence-corrected chi connectivity index (χ2v) is 5.40. The number of nitrogen functional groups attached to an aromatic ring is 1. The number of nitrogens with zero attached hydrogens (tertiary/aromatic N) is 2. The number of carbonyl (C=O) groups is 1. The first-order valence-corrected chi connectivity index (χ1v) is 7.51. The Labute approximate surface area is 139 Å². The van der Waals surface area contributed by atoms with Gasteiger partial charge in [-0.2, -0.15) is 0 Å². The van der Waals surface area contributed by atoms with Crippen LogP contribution in [0.4, 0.5) is 5.69 Å². The Kier molecular flexibility index (Phi) is 4.29. The van der Waals surface area contributed by atoms with Crippen molar-refractivity contribution in [3.63, 3.8) is 0 Å². The van der Waals surface area contributed by atoms with Crippen molar-refractivity contribution in [2.45, 2.75) is 20.0 Å². The molecule has 1 heterocycles. The van der Waals surface area contributed by atoms with E-state index in [1.54, 1.807) is 19.1 Å². The molecule has 0 radical (unpaired) electrons. The third-order valence-electron chi connectivity index (χ3n) is 3.64. The van der Waals surface area contributed by atoms with Gasteiger partial charge < -0.3 is 14.9 Å². The van der Waals surface area contributed by atoms with Crippen molar-refractivity contribution >= 4 is 11.7 Å². The number of benzene rings is 2. The van der Waals surface area contributed by atoms with Gasteiger partial charge >= 0.3 is 5.97 Å². The van der Waals surface area contributed by atoms with Crippen molar-refractivity contribution < 1.29 is 13.9 Å². The van der Waals surface area contributed by atoms with E-state index in [-0.39, 0.29) is 5.89 Å². The van der Waals surface area contributed by atoms with Crippen molar-refractivity contribution in [3.05, 3.63) is 65.5 Å². The predicted octanol–water partition coefficient (Wildman–Crippen LogP) is 3.55. The zero-order valence-electron chi connectivity index (χ0n) is 13.4. The number of nitrogens with two attached hydrogens (primary N) is 1. The monoisotopic (exact) mass is 323 g/mol. The summed E-state index contributed by atoms with van der Waals surface area (Å²) in [5.74, 6) is 0.0835. The van der Waals surface area contributed by atoms with Gasteiger partial charge in [0.2, 0.25) is 5.89 Å². The van der Waals surface area contributed by atoms with Crippen LogP contribution in [0.1, 0.15) is 34.8 Å². The third-order valence-corrected chi connectivity index (χ3v) is 3.64. The number of hydrogen-bond acceptors (Lipinski definition) is 6. The SMILES string of the molecule is Cc1cccc(C(=O)OC(C)c2nnc(-c3ccccc3)o2)c1N. The van der Waals surface area contributed by atoms with Crippen LogP contribution in [0.15, 0.2) is 52.9 Å². The number of ether oxygens (including phenoxy) is 1. The fraction of sp³-hybridized carbons (Fsp3) is 0.167. The molecule has 3 rings (SSSR count). The number of esters is 1. The maximum atomic E-state index is 12.3. The normalized spacial score (nSPS) is 11.9. The first kappa shape index (κ1) is 15.7. The van der Waals surface area contributed by atoms with Crippen LogP contribution < -0.4 is 5.73 Å². The molecule has 0 aliphatic heterocycles. The number of carbonyl (C=O) groups excluding carboxylic acids is 1. The van der Waals surface area contributed by atoms with Crippen LogP contribution >= 0.6 is 0 Å². The second-order valence-electron chi connectivity index (χ2n) is 5.40. The lowest BCUT2D eigenvalue weighted by atomic mass is 10.1. The van der Waals surface area contributed by atoms with Gasteiger partial charge in [-0.15, -0.1) is 10.2 Å². The summed E-state index contributed by atoms with van der Waals surface area (Å²) in [6.07, 6.45) is -0.678. The van der Waals surface area contributed by atoms with Crippen LogP contribution in [0, 0.1) is 6.92 Å². The number of anilines is 1. The molecule has 1 unspecified atom stereocenters. The quantitative estimate of drug-likeness (QED) is 0.583. The summed E-state index contributed by atoms with van der Waals surface area (Å²) in [6.45, 7) is 3.51. The number of aromatic nitrogens is 2. The molecular formula is C18H17N3O3. The molecule has 0 aliphatic rings. The molecule has 0 fully saturated rings. The summed E-state index contributed by atoms with van der Waals surface area (Å²) < 4.78 is 11.0. The van der Waals surface area contributed by atoms with E-state index in [2.05, 4.69) is 10.2 Å². The summed E-state index contributed by atoms with van der Waals surface area (Å²) in [5.41, 5.74) is 8.28. The standard InChI is InChI=1S/C18H17N3O3/c1-11-7-6-10-14(15(11)19)18(22)23-12(2)16-20-21-17(24-16)13-8-4-3-5-9-13/h3-10,12H,19H2,1-2H3. The minimum absolute atomic E-state index is 0.230. The van der Waals surface area contributed by atoms with E-state index in [0.717, 1.165) is 11.1 Å². The molecule has 0 saturated carbocycles. The van der Waals surface area contributed by atoms with Gasteiger partial charge in [0.15, 0.2) is 6.10 Å². The van der Waals surface area contributed by atoms with Crippen molar-refractivity contribution in [2.24, 2.45) is 0 Å². The van der Waals surface area contributed by atoms with Crippen LogP contribution in [0.3, 0.4) is 0 Å². The average Bonchev–Trinajstić information content (AvgIpc) is 3.08. The molecule has 2 N–H and O–H groups in total. The fourth-order valence-electron chi connectivity index (χ4n) is 2.23. The first-order chi connectivity index (χ1) is 11.6. The molecule has 6 nitrogen and oxygen atoms in total. The summed E-state index contributed by atoms with van der Waals surface area (Å²) in [7, 11) is 0. The zero-order valence-corrected chi connectivity index (χ0v) is 13.4. The molecule has 0 bridgehead atoms. The number of aryl methyl sites for hydroxylation is 1. The van der Waals surface area contributed by atoms with E-state index >= 15 is 0 Å². The van der Waals surface area contributed by atoms with Crippen molar-refractivity contribution in [2.75, 3.05) is 5.73 Å². The molecule has 0 aliphatic carbocycles. The third kappa shape index (κ3) is 3.12. The van der Waals surface area contributed by atoms with Gasteiger partial charge in [0.1, 0.15) is 0 Å². The van der Waals surface area contributed by atoms with E-state index in [4.69, 9.17) is 14.9 Å². The minimum atomic E-state index is -0.678. The first-order valence-electron chi connectivity index (χ1n) is 7.51. The summed E-state index contributed by atoms with van der Waals surface area (Å²) in [5, 5.41) is 7.94. The molecule has 0 amide bonds. The second kappa shape index (κ2) is 6.54. The van der Waals surface area contributed by atoms with Crippen LogP contribution in [-0.4, -0.2) is 16.2 Å². The van der Waals surface area contributed by atoms with Gasteiger partial charge in [-0.25, -0.2) is 4.79 Å². The van der Waals surface area contributed by atoms with Gasteiger partial charge in [0, 0.05) is 11.3 Å². The molecule has 1 atom stereocenters. The fourth-order valence-corrected chi connectivity index (χ4v) is 2.23. The van der Waals surface area contributed by atoms with Gasteiger partial charge in [0.25, 0.3) is 5.89 Å². The highest BCUT2D eigenvalue weighted by Gasteiger charge is 2.21. The number of hydrogen-bond donors (Lipinski definition) is 1. The maximum absolute atomic E-state index is 12.3. The Morgan fingerprint density at radius 2 is 1.88 bits per heavy atom. The highest BCUT2D eigenvalue weighted by Crippen LogP contribution is 2.24. The predicted molar refractivity (Wildman–Crippen MR) is 89.2 cm³/mol. The number of rotatable bonds is 4. The molecule has 2 aromatic carbocycles. The molecule has 122 valence electrons. The minimum Gasteiger partial charge on any atom is -0.449 e. The van der Waals surface area contributed by atoms with Crippen molar-refractivity contribution in [3.8, 4) is 11.5 Å². The van der Waals surface area contributed by atoms with Crippen LogP contribution in [0.25, 0.3) is 11.5 Å². The Hall–Kier alpha value is -3.15. The lowest BCUT2D eigenvalue weighted by molar-refractivity contribution is 0.0281. The van der Waals surface area contributed by atoms with Crippen molar-refractivity contribution in [1.82, 2.24) is 10.2 Å². The zero-order chi connectivity index (χ0) is 17.1. The lowest BCUT2D eigenvalue weighted by Crippen LogP contribution is -2.12. The van der Waals surface area contributed by atoms with Gasteiger partial charge in [-0.3, -0.25) is 0 Å². The van der Waals surface area contributed by atoms with E-state index in [0.29, 0.717) is 17.1 Å². The molecule has 24 heavy (non-hydrogen) atoms. The molecule has 1 aromatic heterocycles. The van der Waals surface area contributed by atoms with E-state index < -0.39 is 12.1 Å². The lowest BCUT2D eigenvalue weighted by Gasteiger charge is -2.11. The summed E-state index contributed by atoms with van der Waals surface area (Å²) in [4.78, 5) is 12.3. The topological polar surface area (TPSA) is 91.2 Å². The highest BCUT2D eigenvalue weighted by atomic mass is 16.6. The van der Waals surface area contributed by atoms with E-state index in [1.165, 1.54) is 0 Å². The Morgan fingerprint density at radius 1 is 1.12 bits per heavy atom.